The van der Waals surface area contributed by atoms with Crippen molar-refractivity contribution in [3.8, 4) is 11.3 Å². The van der Waals surface area contributed by atoms with Crippen molar-refractivity contribution in [3.05, 3.63) is 102 Å². The van der Waals surface area contributed by atoms with Gasteiger partial charge in [-0.1, -0.05) is 60.7 Å². The summed E-state index contributed by atoms with van der Waals surface area (Å²) >= 11 is 0. The summed E-state index contributed by atoms with van der Waals surface area (Å²) in [6, 6.07) is 21.6. The van der Waals surface area contributed by atoms with Gasteiger partial charge in [-0.3, -0.25) is 4.79 Å². The van der Waals surface area contributed by atoms with E-state index in [1.165, 1.54) is 0 Å². The molecule has 0 aliphatic heterocycles. The first-order valence-corrected chi connectivity index (χ1v) is 11.0. The molecule has 164 valence electrons. The molecule has 7 heteroatoms. The van der Waals surface area contributed by atoms with Gasteiger partial charge in [0, 0.05) is 28.9 Å². The number of carbonyl (C=O) groups is 1. The largest absolute Gasteiger partial charge is 0.346 e. The zero-order chi connectivity index (χ0) is 22.6. The molecule has 0 unspecified atom stereocenters. The van der Waals surface area contributed by atoms with Crippen LogP contribution in [0.25, 0.3) is 22.3 Å². The molecule has 5 aromatic rings. The van der Waals surface area contributed by atoms with E-state index in [0.29, 0.717) is 12.1 Å². The highest BCUT2D eigenvalue weighted by atomic mass is 16.1. The van der Waals surface area contributed by atoms with E-state index in [1.54, 1.807) is 10.9 Å². The average Bonchev–Trinajstić information content (AvgIpc) is 3.52. The van der Waals surface area contributed by atoms with Crippen LogP contribution in [0.3, 0.4) is 0 Å². The molecule has 0 aliphatic rings. The molecule has 0 spiro atoms. The van der Waals surface area contributed by atoms with E-state index >= 15 is 0 Å². The third-order valence-electron chi connectivity index (χ3n) is 5.74. The number of pyridine rings is 1. The van der Waals surface area contributed by atoms with Crippen LogP contribution in [-0.4, -0.2) is 30.9 Å². The van der Waals surface area contributed by atoms with Crippen molar-refractivity contribution < 1.29 is 4.79 Å². The van der Waals surface area contributed by atoms with Crippen LogP contribution in [-0.2, 0) is 6.54 Å². The maximum atomic E-state index is 13.2. The minimum Gasteiger partial charge on any atom is -0.346 e. The fraction of sp³-hybridized carbons (Fsp3) is 0.154. The van der Waals surface area contributed by atoms with Gasteiger partial charge in [-0.2, -0.15) is 0 Å². The number of fused-ring (bicyclic) bond motifs is 1. The van der Waals surface area contributed by atoms with Crippen LogP contribution in [0.2, 0.25) is 0 Å². The summed E-state index contributed by atoms with van der Waals surface area (Å²) in [6.45, 7) is 2.51. The lowest BCUT2D eigenvalue weighted by Crippen LogP contribution is -2.29. The minimum atomic E-state index is -0.0937. The number of amides is 1. The normalized spacial score (nSPS) is 12.0. The molecule has 3 heterocycles. The molecule has 3 aromatic heterocycles. The van der Waals surface area contributed by atoms with E-state index in [4.69, 9.17) is 0 Å². The van der Waals surface area contributed by atoms with Gasteiger partial charge in [-0.05, 0) is 35.7 Å². The molecule has 1 amide bonds. The highest BCUT2D eigenvalue weighted by molar-refractivity contribution is 5.96. The van der Waals surface area contributed by atoms with E-state index in [1.807, 2.05) is 79.1 Å². The summed E-state index contributed by atoms with van der Waals surface area (Å²) in [7, 11) is 0. The monoisotopic (exact) mass is 436 g/mol. The van der Waals surface area contributed by atoms with Crippen molar-refractivity contribution in [1.29, 1.82) is 0 Å². The second kappa shape index (κ2) is 9.08. The highest BCUT2D eigenvalue weighted by Gasteiger charge is 2.17. The number of nitrogens with one attached hydrogen (secondary N) is 2. The van der Waals surface area contributed by atoms with Crippen molar-refractivity contribution >= 4 is 16.9 Å². The first-order valence-electron chi connectivity index (χ1n) is 11.0. The standard InChI is InChI=1S/C26H24N6O/c1-2-23(18-8-4-3-5-9-18)29-26(33)22-11-7-6-10-20(22)16-32-17-24(30-31-32)21-14-19-12-13-27-25(19)28-15-21/h3-15,17,23H,2,16H2,1H3,(H,27,28)(H,29,33)/t23-/m0/s1. The Balaban J connectivity index is 1.35. The number of aromatic amines is 1. The zero-order valence-corrected chi connectivity index (χ0v) is 18.3. The molecule has 2 aromatic carbocycles. The lowest BCUT2D eigenvalue weighted by molar-refractivity contribution is 0.0934. The van der Waals surface area contributed by atoms with Gasteiger partial charge < -0.3 is 10.3 Å². The van der Waals surface area contributed by atoms with Gasteiger partial charge in [0.2, 0.25) is 0 Å². The van der Waals surface area contributed by atoms with Crippen molar-refractivity contribution in [2.75, 3.05) is 0 Å². The Hall–Kier alpha value is -4.26. The van der Waals surface area contributed by atoms with E-state index in [9.17, 15) is 4.79 Å². The molecular weight excluding hydrogens is 412 g/mol. The molecule has 0 radical (unpaired) electrons. The van der Waals surface area contributed by atoms with Gasteiger partial charge in [0.25, 0.3) is 5.91 Å². The van der Waals surface area contributed by atoms with E-state index in [0.717, 1.165) is 39.8 Å². The predicted molar refractivity (Wildman–Crippen MR) is 128 cm³/mol. The average molecular weight is 437 g/mol. The second-order valence-corrected chi connectivity index (χ2v) is 7.94. The van der Waals surface area contributed by atoms with Gasteiger partial charge >= 0.3 is 0 Å². The van der Waals surface area contributed by atoms with Gasteiger partial charge in [0.1, 0.15) is 11.3 Å². The summed E-state index contributed by atoms with van der Waals surface area (Å²) < 4.78 is 1.75. The third kappa shape index (κ3) is 4.39. The molecule has 0 saturated heterocycles. The topological polar surface area (TPSA) is 88.5 Å². The number of nitrogens with zero attached hydrogens (tertiary/aromatic N) is 4. The molecular formula is C26H24N6O. The van der Waals surface area contributed by atoms with Crippen molar-refractivity contribution in [3.63, 3.8) is 0 Å². The molecule has 0 saturated carbocycles. The number of rotatable bonds is 7. The molecule has 0 bridgehead atoms. The van der Waals surface area contributed by atoms with Crippen LogP contribution in [0.5, 0.6) is 0 Å². The van der Waals surface area contributed by atoms with Gasteiger partial charge in [-0.15, -0.1) is 5.10 Å². The van der Waals surface area contributed by atoms with Gasteiger partial charge in [-0.25, -0.2) is 9.67 Å². The number of hydrogen-bond acceptors (Lipinski definition) is 4. The number of aromatic nitrogens is 5. The highest BCUT2D eigenvalue weighted by Crippen LogP contribution is 2.21. The lowest BCUT2D eigenvalue weighted by Gasteiger charge is -2.18. The van der Waals surface area contributed by atoms with Crippen molar-refractivity contribution in [2.24, 2.45) is 0 Å². The lowest BCUT2D eigenvalue weighted by atomic mass is 10.0. The SMILES string of the molecule is CC[C@H](NC(=O)c1ccccc1Cn1cc(-c2cnc3[nH]ccc3c2)nn1)c1ccccc1. The van der Waals surface area contributed by atoms with Gasteiger partial charge in [0.15, 0.2) is 0 Å². The van der Waals surface area contributed by atoms with Crippen LogP contribution < -0.4 is 5.32 Å². The minimum absolute atomic E-state index is 0.0411. The van der Waals surface area contributed by atoms with Gasteiger partial charge in [0.05, 0.1) is 18.8 Å². The maximum Gasteiger partial charge on any atom is 0.252 e. The Kier molecular flexibility index (Phi) is 5.68. The Bertz CT molecular complexity index is 1390. The molecule has 0 fully saturated rings. The first-order chi connectivity index (χ1) is 16.2. The molecule has 5 rings (SSSR count). The van der Waals surface area contributed by atoms with Crippen molar-refractivity contribution in [1.82, 2.24) is 30.3 Å². The number of H-pyrrole nitrogens is 1. The molecule has 33 heavy (non-hydrogen) atoms. The Labute approximate surface area is 191 Å². The second-order valence-electron chi connectivity index (χ2n) is 7.94. The summed E-state index contributed by atoms with van der Waals surface area (Å²) in [6.07, 6.45) is 6.33. The fourth-order valence-electron chi connectivity index (χ4n) is 3.98. The number of hydrogen-bond donors (Lipinski definition) is 2. The molecule has 1 atom stereocenters. The quantitative estimate of drug-likeness (QED) is 0.385. The number of carbonyl (C=O) groups excluding carboxylic acids is 1. The Morgan fingerprint density at radius 3 is 2.76 bits per heavy atom. The Morgan fingerprint density at radius 1 is 1.09 bits per heavy atom. The molecule has 7 nitrogen and oxygen atoms in total. The van der Waals surface area contributed by atoms with E-state index in [-0.39, 0.29) is 11.9 Å². The van der Waals surface area contributed by atoms with Crippen LogP contribution in [0.1, 0.15) is 40.9 Å². The van der Waals surface area contributed by atoms with E-state index in [2.05, 4.69) is 32.5 Å². The smallest absolute Gasteiger partial charge is 0.252 e. The predicted octanol–water partition coefficient (Wildman–Crippen LogP) is 4.75. The first kappa shape index (κ1) is 20.6. The van der Waals surface area contributed by atoms with Crippen LogP contribution in [0, 0.1) is 0 Å². The summed E-state index contributed by atoms with van der Waals surface area (Å²) in [4.78, 5) is 20.7. The van der Waals surface area contributed by atoms with Crippen molar-refractivity contribution in [2.45, 2.75) is 25.9 Å². The summed E-state index contributed by atoms with van der Waals surface area (Å²) in [5, 5.41) is 12.8. The third-order valence-corrected chi connectivity index (χ3v) is 5.74. The summed E-state index contributed by atoms with van der Waals surface area (Å²) in [5.41, 5.74) is 5.09. The number of benzene rings is 2. The van der Waals surface area contributed by atoms with Crippen LogP contribution in [0.4, 0.5) is 0 Å². The maximum absolute atomic E-state index is 13.2. The zero-order valence-electron chi connectivity index (χ0n) is 18.3. The van der Waals surface area contributed by atoms with Crippen LogP contribution >= 0.6 is 0 Å². The Morgan fingerprint density at radius 2 is 1.91 bits per heavy atom. The van der Waals surface area contributed by atoms with Crippen LogP contribution in [0.15, 0.2) is 85.3 Å². The molecule has 2 N–H and O–H groups in total. The molecule has 0 aliphatic carbocycles. The summed E-state index contributed by atoms with van der Waals surface area (Å²) in [5.74, 6) is -0.0937. The van der Waals surface area contributed by atoms with E-state index < -0.39 is 0 Å². The fourth-order valence-corrected chi connectivity index (χ4v) is 3.98.